The van der Waals surface area contributed by atoms with E-state index in [4.69, 9.17) is 4.52 Å². The number of aromatic nitrogens is 4. The summed E-state index contributed by atoms with van der Waals surface area (Å²) in [5, 5.41) is 7.84. The van der Waals surface area contributed by atoms with Crippen molar-refractivity contribution in [3.8, 4) is 0 Å². The van der Waals surface area contributed by atoms with Gasteiger partial charge in [0.2, 0.25) is 5.91 Å². The number of carbonyl (C=O) groups excluding carboxylic acids is 1. The molecule has 0 aromatic carbocycles. The minimum Gasteiger partial charge on any atom is -0.340 e. The largest absolute Gasteiger partial charge is 0.417 e. The molecule has 0 unspecified atom stereocenters. The first-order chi connectivity index (χ1) is 14.1. The van der Waals surface area contributed by atoms with Gasteiger partial charge in [-0.15, -0.1) is 0 Å². The van der Waals surface area contributed by atoms with E-state index in [-0.39, 0.29) is 40.9 Å². The lowest BCUT2D eigenvalue weighted by molar-refractivity contribution is -0.136. The van der Waals surface area contributed by atoms with Crippen molar-refractivity contribution in [1.82, 2.24) is 24.8 Å². The molecule has 1 aliphatic rings. The van der Waals surface area contributed by atoms with Crippen molar-refractivity contribution in [2.45, 2.75) is 52.3 Å². The summed E-state index contributed by atoms with van der Waals surface area (Å²) in [6.45, 7) is 6.17. The van der Waals surface area contributed by atoms with E-state index in [1.54, 1.807) is 9.58 Å². The Balaban J connectivity index is 1.59. The summed E-state index contributed by atoms with van der Waals surface area (Å²) in [6.07, 6.45) is -3.22. The minimum atomic E-state index is -4.55. The topological polar surface area (TPSA) is 77.0 Å². The number of amides is 1. The monoisotopic (exact) mass is 421 g/mol. The molecule has 7 nitrogen and oxygen atoms in total. The highest BCUT2D eigenvalue weighted by Gasteiger charge is 2.37. The normalized spacial score (nSPS) is 17.7. The van der Waals surface area contributed by atoms with Crippen LogP contribution < -0.4 is 0 Å². The number of likely N-dealkylation sites (tertiary alicyclic amines) is 1. The number of nitrogens with zero attached hydrogens (tertiary/aromatic N) is 5. The number of carbonyl (C=O) groups is 1. The van der Waals surface area contributed by atoms with Crippen molar-refractivity contribution in [3.05, 3.63) is 40.5 Å². The van der Waals surface area contributed by atoms with Crippen molar-refractivity contribution >= 4 is 17.0 Å². The van der Waals surface area contributed by atoms with Crippen molar-refractivity contribution in [2.24, 2.45) is 0 Å². The molecule has 1 atom stereocenters. The van der Waals surface area contributed by atoms with Crippen LogP contribution in [0.15, 0.2) is 16.7 Å². The number of rotatable bonds is 3. The lowest BCUT2D eigenvalue weighted by atomic mass is 9.92. The van der Waals surface area contributed by atoms with E-state index in [2.05, 4.69) is 15.2 Å². The Hall–Kier alpha value is -2.91. The number of fused-ring (bicyclic) bond motifs is 1. The third kappa shape index (κ3) is 3.78. The van der Waals surface area contributed by atoms with E-state index in [9.17, 15) is 18.0 Å². The number of piperidine rings is 1. The van der Waals surface area contributed by atoms with Crippen LogP contribution in [0.4, 0.5) is 13.2 Å². The SMILES string of the molecule is Cc1cc(C)n(CC(=O)N2CCC[C@H](c3cc(C(F)(F)F)c4c(C)noc4n3)C2)n1. The van der Waals surface area contributed by atoms with Gasteiger partial charge in [0, 0.05) is 24.7 Å². The first-order valence-corrected chi connectivity index (χ1v) is 9.76. The standard InChI is InChI=1S/C20H22F3N5O2/c1-11-7-12(2)28(25-11)10-17(29)27-6-4-5-14(9-27)16-8-15(20(21,22)23)18-13(3)26-30-19(18)24-16/h7-8,14H,4-6,9-10H2,1-3H3/t14-/m0/s1. The molecule has 4 rings (SSSR count). The van der Waals surface area contributed by atoms with Gasteiger partial charge in [0.25, 0.3) is 5.71 Å². The fraction of sp³-hybridized carbons (Fsp3) is 0.500. The molecule has 0 bridgehead atoms. The zero-order valence-electron chi connectivity index (χ0n) is 17.0. The molecule has 4 heterocycles. The quantitative estimate of drug-likeness (QED) is 0.644. The summed E-state index contributed by atoms with van der Waals surface area (Å²) in [5.41, 5.74) is 1.22. The fourth-order valence-electron chi connectivity index (χ4n) is 4.05. The van der Waals surface area contributed by atoms with Gasteiger partial charge in [0.05, 0.1) is 28.0 Å². The molecule has 1 saturated heterocycles. The van der Waals surface area contributed by atoms with Crippen LogP contribution in [0.25, 0.3) is 11.1 Å². The summed E-state index contributed by atoms with van der Waals surface area (Å²) in [6, 6.07) is 2.97. The van der Waals surface area contributed by atoms with E-state index in [1.165, 1.54) is 6.92 Å². The highest BCUT2D eigenvalue weighted by molar-refractivity contribution is 5.81. The Morgan fingerprint density at radius 2 is 2.03 bits per heavy atom. The number of hydrogen-bond acceptors (Lipinski definition) is 5. The van der Waals surface area contributed by atoms with Crippen LogP contribution in [0.3, 0.4) is 0 Å². The molecule has 0 spiro atoms. The van der Waals surface area contributed by atoms with E-state index >= 15 is 0 Å². The van der Waals surface area contributed by atoms with Crippen LogP contribution in [0.5, 0.6) is 0 Å². The number of pyridine rings is 1. The molecular weight excluding hydrogens is 399 g/mol. The van der Waals surface area contributed by atoms with Crippen molar-refractivity contribution in [1.29, 1.82) is 0 Å². The molecule has 0 saturated carbocycles. The van der Waals surface area contributed by atoms with Crippen molar-refractivity contribution in [2.75, 3.05) is 13.1 Å². The highest BCUT2D eigenvalue weighted by Crippen LogP contribution is 2.38. The Labute approximate surface area is 170 Å². The number of aryl methyl sites for hydroxylation is 3. The Morgan fingerprint density at radius 1 is 1.27 bits per heavy atom. The molecule has 0 radical (unpaired) electrons. The number of hydrogen-bond donors (Lipinski definition) is 0. The molecule has 3 aromatic rings. The zero-order chi connectivity index (χ0) is 21.6. The molecule has 1 amide bonds. The molecular formula is C20H22F3N5O2. The second kappa shape index (κ2) is 7.41. The second-order valence-corrected chi connectivity index (χ2v) is 7.80. The van der Waals surface area contributed by atoms with Gasteiger partial charge >= 0.3 is 6.18 Å². The van der Waals surface area contributed by atoms with Crippen molar-refractivity contribution < 1.29 is 22.5 Å². The highest BCUT2D eigenvalue weighted by atomic mass is 19.4. The minimum absolute atomic E-state index is 0.105. The summed E-state index contributed by atoms with van der Waals surface area (Å²) in [5.74, 6) is -0.419. The van der Waals surface area contributed by atoms with E-state index in [0.717, 1.165) is 17.5 Å². The van der Waals surface area contributed by atoms with Crippen LogP contribution in [0.1, 0.15) is 47.1 Å². The van der Waals surface area contributed by atoms with Gasteiger partial charge < -0.3 is 9.42 Å². The first kappa shape index (κ1) is 20.4. The molecule has 3 aromatic heterocycles. The molecule has 160 valence electrons. The van der Waals surface area contributed by atoms with E-state index < -0.39 is 11.7 Å². The lowest BCUT2D eigenvalue weighted by Gasteiger charge is -2.32. The summed E-state index contributed by atoms with van der Waals surface area (Å²) in [7, 11) is 0. The van der Waals surface area contributed by atoms with Crippen LogP contribution >= 0.6 is 0 Å². The van der Waals surface area contributed by atoms with Crippen molar-refractivity contribution in [3.63, 3.8) is 0 Å². The second-order valence-electron chi connectivity index (χ2n) is 7.80. The van der Waals surface area contributed by atoms with Crippen LogP contribution in [-0.4, -0.2) is 43.8 Å². The third-order valence-electron chi connectivity index (χ3n) is 5.52. The number of halogens is 3. The van der Waals surface area contributed by atoms with Crippen LogP contribution in [0.2, 0.25) is 0 Å². The van der Waals surface area contributed by atoms with Crippen LogP contribution in [0, 0.1) is 20.8 Å². The Kier molecular flexibility index (Phi) is 5.03. The van der Waals surface area contributed by atoms with Gasteiger partial charge in [-0.1, -0.05) is 5.16 Å². The Morgan fingerprint density at radius 3 is 2.70 bits per heavy atom. The van der Waals surface area contributed by atoms with Gasteiger partial charge in [0.15, 0.2) is 0 Å². The summed E-state index contributed by atoms with van der Waals surface area (Å²) >= 11 is 0. The molecule has 30 heavy (non-hydrogen) atoms. The van der Waals surface area contributed by atoms with Crippen LogP contribution in [-0.2, 0) is 17.5 Å². The zero-order valence-corrected chi connectivity index (χ0v) is 17.0. The summed E-state index contributed by atoms with van der Waals surface area (Å²) < 4.78 is 47.6. The summed E-state index contributed by atoms with van der Waals surface area (Å²) in [4.78, 5) is 18.8. The first-order valence-electron chi connectivity index (χ1n) is 9.76. The molecule has 1 aliphatic heterocycles. The predicted molar refractivity (Wildman–Crippen MR) is 102 cm³/mol. The average Bonchev–Trinajstić information content (AvgIpc) is 3.21. The Bertz CT molecular complexity index is 1100. The van der Waals surface area contributed by atoms with Gasteiger partial charge in [-0.3, -0.25) is 9.48 Å². The van der Waals surface area contributed by atoms with Gasteiger partial charge in [-0.2, -0.15) is 18.3 Å². The number of alkyl halides is 3. The predicted octanol–water partition coefficient (Wildman–Crippen LogP) is 3.77. The molecule has 1 fully saturated rings. The average molecular weight is 421 g/mol. The lowest BCUT2D eigenvalue weighted by Crippen LogP contribution is -2.41. The molecule has 0 aliphatic carbocycles. The van der Waals surface area contributed by atoms with Gasteiger partial charge in [0.1, 0.15) is 6.54 Å². The maximum Gasteiger partial charge on any atom is 0.417 e. The van der Waals surface area contributed by atoms with E-state index in [0.29, 0.717) is 25.9 Å². The maximum atomic E-state index is 13.6. The molecule has 10 heteroatoms. The van der Waals surface area contributed by atoms with Gasteiger partial charge in [-0.25, -0.2) is 4.98 Å². The maximum absolute atomic E-state index is 13.6. The third-order valence-corrected chi connectivity index (χ3v) is 5.52. The smallest absolute Gasteiger partial charge is 0.340 e. The molecule has 0 N–H and O–H groups in total. The van der Waals surface area contributed by atoms with Gasteiger partial charge in [-0.05, 0) is 45.7 Å². The fourth-order valence-corrected chi connectivity index (χ4v) is 4.05. The van der Waals surface area contributed by atoms with E-state index in [1.807, 2.05) is 19.9 Å².